The van der Waals surface area contributed by atoms with Crippen LogP contribution in [0.4, 0.5) is 17.3 Å². The lowest BCUT2D eigenvalue weighted by Crippen LogP contribution is -1.99. The fourth-order valence-corrected chi connectivity index (χ4v) is 2.09. The van der Waals surface area contributed by atoms with Crippen LogP contribution in [0.15, 0.2) is 30.3 Å². The van der Waals surface area contributed by atoms with Gasteiger partial charge in [0.1, 0.15) is 5.82 Å². The van der Waals surface area contributed by atoms with Gasteiger partial charge in [-0.05, 0) is 29.7 Å². The second-order valence-electron chi connectivity index (χ2n) is 4.59. The van der Waals surface area contributed by atoms with Crippen molar-refractivity contribution < 1.29 is 0 Å². The molecule has 3 N–H and O–H groups in total. The Balaban J connectivity index is 2.31. The predicted octanol–water partition coefficient (Wildman–Crippen LogP) is 4.84. The molecule has 1 aromatic carbocycles. The molecule has 0 amide bonds. The number of anilines is 3. The highest BCUT2D eigenvalue weighted by Gasteiger charge is 2.08. The summed E-state index contributed by atoms with van der Waals surface area (Å²) in [6.07, 6.45) is 0. The summed E-state index contributed by atoms with van der Waals surface area (Å²) in [5.74, 6) is 1.22. The molecule has 0 unspecified atom stereocenters. The molecule has 0 saturated carbocycles. The first-order valence-electron chi connectivity index (χ1n) is 5.96. The summed E-state index contributed by atoms with van der Waals surface area (Å²) in [7, 11) is 0. The van der Waals surface area contributed by atoms with Crippen molar-refractivity contribution in [2.75, 3.05) is 11.1 Å². The topological polar surface area (TPSA) is 50.9 Å². The molecule has 2 aromatic rings. The van der Waals surface area contributed by atoms with Crippen LogP contribution in [0.3, 0.4) is 0 Å². The van der Waals surface area contributed by atoms with Gasteiger partial charge in [-0.1, -0.05) is 49.2 Å². The summed E-state index contributed by atoms with van der Waals surface area (Å²) < 4.78 is 0. The van der Waals surface area contributed by atoms with E-state index in [0.717, 1.165) is 5.69 Å². The Kier molecular flexibility index (Phi) is 4.17. The minimum absolute atomic E-state index is 0.258. The lowest BCUT2D eigenvalue weighted by atomic mass is 10.0. The van der Waals surface area contributed by atoms with E-state index in [0.29, 0.717) is 21.8 Å². The standard InChI is InChI=1S/C14H15Cl2N3/c1-8(2)9-4-3-5-10(6-9)18-14-12(16)7-11(15)13(17)19-14/h3-8H,1-2H3,(H3,17,18,19). The van der Waals surface area contributed by atoms with E-state index in [4.69, 9.17) is 28.9 Å². The van der Waals surface area contributed by atoms with Gasteiger partial charge in [0.2, 0.25) is 0 Å². The molecule has 0 aliphatic carbocycles. The number of hydrogen-bond donors (Lipinski definition) is 2. The van der Waals surface area contributed by atoms with Crippen molar-refractivity contribution in [3.63, 3.8) is 0 Å². The summed E-state index contributed by atoms with van der Waals surface area (Å²) in [5, 5.41) is 3.95. The van der Waals surface area contributed by atoms with Crippen LogP contribution in [0.5, 0.6) is 0 Å². The highest BCUT2D eigenvalue weighted by molar-refractivity contribution is 6.37. The minimum Gasteiger partial charge on any atom is -0.382 e. The summed E-state index contributed by atoms with van der Waals surface area (Å²) in [5.41, 5.74) is 7.84. The molecule has 0 saturated heterocycles. The van der Waals surface area contributed by atoms with Gasteiger partial charge in [0.25, 0.3) is 0 Å². The zero-order valence-corrected chi connectivity index (χ0v) is 12.3. The smallest absolute Gasteiger partial charge is 0.151 e. The van der Waals surface area contributed by atoms with Gasteiger partial charge in [-0.2, -0.15) is 0 Å². The Labute approximate surface area is 122 Å². The van der Waals surface area contributed by atoms with Crippen LogP contribution >= 0.6 is 23.2 Å². The van der Waals surface area contributed by atoms with Gasteiger partial charge in [0.05, 0.1) is 10.0 Å². The van der Waals surface area contributed by atoms with E-state index in [2.05, 4.69) is 36.3 Å². The third-order valence-corrected chi connectivity index (χ3v) is 3.36. The summed E-state index contributed by atoms with van der Waals surface area (Å²) >= 11 is 11.9. The molecule has 0 atom stereocenters. The molecule has 1 aromatic heterocycles. The number of pyridine rings is 1. The Hall–Kier alpha value is -1.45. The van der Waals surface area contributed by atoms with Crippen molar-refractivity contribution in [2.24, 2.45) is 0 Å². The van der Waals surface area contributed by atoms with Gasteiger partial charge in [-0.3, -0.25) is 0 Å². The van der Waals surface area contributed by atoms with Gasteiger partial charge < -0.3 is 11.1 Å². The van der Waals surface area contributed by atoms with Crippen molar-refractivity contribution >= 4 is 40.5 Å². The fraction of sp³-hybridized carbons (Fsp3) is 0.214. The molecule has 19 heavy (non-hydrogen) atoms. The second kappa shape index (κ2) is 5.68. The zero-order valence-electron chi connectivity index (χ0n) is 10.7. The molecular formula is C14H15Cl2N3. The average Bonchev–Trinajstić information content (AvgIpc) is 2.36. The van der Waals surface area contributed by atoms with E-state index in [1.165, 1.54) is 5.56 Å². The summed E-state index contributed by atoms with van der Waals surface area (Å²) in [6, 6.07) is 9.67. The lowest BCUT2D eigenvalue weighted by molar-refractivity contribution is 0.867. The average molecular weight is 296 g/mol. The number of nitrogens with one attached hydrogen (secondary N) is 1. The molecule has 1 heterocycles. The molecule has 0 bridgehead atoms. The van der Waals surface area contributed by atoms with E-state index in [9.17, 15) is 0 Å². The molecule has 0 fully saturated rings. The molecule has 100 valence electrons. The SMILES string of the molecule is CC(C)c1cccc(Nc2nc(N)c(Cl)cc2Cl)c1. The number of nitrogens with zero attached hydrogens (tertiary/aromatic N) is 1. The molecule has 0 aliphatic heterocycles. The quantitative estimate of drug-likeness (QED) is 0.852. The number of nitrogens with two attached hydrogens (primary N) is 1. The van der Waals surface area contributed by atoms with Gasteiger partial charge >= 0.3 is 0 Å². The highest BCUT2D eigenvalue weighted by Crippen LogP contribution is 2.30. The Bertz CT molecular complexity index is 597. The number of halogens is 2. The van der Waals surface area contributed by atoms with Gasteiger partial charge in [0.15, 0.2) is 5.82 Å². The Morgan fingerprint density at radius 2 is 1.89 bits per heavy atom. The van der Waals surface area contributed by atoms with Crippen molar-refractivity contribution in [3.05, 3.63) is 45.9 Å². The largest absolute Gasteiger partial charge is 0.382 e. The maximum Gasteiger partial charge on any atom is 0.151 e. The number of aromatic nitrogens is 1. The van der Waals surface area contributed by atoms with E-state index in [1.807, 2.05) is 12.1 Å². The molecular weight excluding hydrogens is 281 g/mol. The number of hydrogen-bond acceptors (Lipinski definition) is 3. The first-order valence-corrected chi connectivity index (χ1v) is 6.71. The predicted molar refractivity (Wildman–Crippen MR) is 82.5 cm³/mol. The van der Waals surface area contributed by atoms with Crippen LogP contribution in [-0.4, -0.2) is 4.98 Å². The van der Waals surface area contributed by atoms with E-state index < -0.39 is 0 Å². The van der Waals surface area contributed by atoms with Crippen LogP contribution in [-0.2, 0) is 0 Å². The second-order valence-corrected chi connectivity index (χ2v) is 5.41. The summed E-state index contributed by atoms with van der Waals surface area (Å²) in [4.78, 5) is 4.14. The first-order chi connectivity index (χ1) is 8.97. The zero-order chi connectivity index (χ0) is 14.0. The molecule has 0 spiro atoms. The Morgan fingerprint density at radius 1 is 1.16 bits per heavy atom. The maximum atomic E-state index is 6.09. The number of benzene rings is 1. The Morgan fingerprint density at radius 3 is 2.58 bits per heavy atom. The molecule has 2 rings (SSSR count). The van der Waals surface area contributed by atoms with E-state index >= 15 is 0 Å². The normalized spacial score (nSPS) is 10.8. The minimum atomic E-state index is 0.258. The first kappa shape index (κ1) is 14.0. The van der Waals surface area contributed by atoms with Gasteiger partial charge in [-0.25, -0.2) is 4.98 Å². The number of rotatable bonds is 3. The van der Waals surface area contributed by atoms with Crippen molar-refractivity contribution in [1.82, 2.24) is 4.98 Å². The van der Waals surface area contributed by atoms with E-state index in [1.54, 1.807) is 6.07 Å². The third-order valence-electron chi connectivity index (χ3n) is 2.77. The van der Waals surface area contributed by atoms with Gasteiger partial charge in [0, 0.05) is 5.69 Å². The molecule has 0 radical (unpaired) electrons. The molecule has 3 nitrogen and oxygen atoms in total. The van der Waals surface area contributed by atoms with Crippen LogP contribution < -0.4 is 11.1 Å². The number of nitrogen functional groups attached to an aromatic ring is 1. The van der Waals surface area contributed by atoms with Crippen LogP contribution in [0.1, 0.15) is 25.3 Å². The maximum absolute atomic E-state index is 6.09. The van der Waals surface area contributed by atoms with Crippen molar-refractivity contribution in [2.45, 2.75) is 19.8 Å². The van der Waals surface area contributed by atoms with Gasteiger partial charge in [-0.15, -0.1) is 0 Å². The lowest BCUT2D eigenvalue weighted by Gasteiger charge is -2.11. The summed E-state index contributed by atoms with van der Waals surface area (Å²) in [6.45, 7) is 4.29. The van der Waals surface area contributed by atoms with Crippen molar-refractivity contribution in [1.29, 1.82) is 0 Å². The highest BCUT2D eigenvalue weighted by atomic mass is 35.5. The van der Waals surface area contributed by atoms with Crippen LogP contribution in [0.25, 0.3) is 0 Å². The molecule has 5 heteroatoms. The monoisotopic (exact) mass is 295 g/mol. The van der Waals surface area contributed by atoms with E-state index in [-0.39, 0.29) is 5.82 Å². The molecule has 0 aliphatic rings. The van der Waals surface area contributed by atoms with Crippen molar-refractivity contribution in [3.8, 4) is 0 Å². The van der Waals surface area contributed by atoms with Crippen LogP contribution in [0.2, 0.25) is 10.0 Å². The van der Waals surface area contributed by atoms with Crippen LogP contribution in [0, 0.1) is 0 Å². The third kappa shape index (κ3) is 3.31. The fourth-order valence-electron chi connectivity index (χ4n) is 1.68.